The van der Waals surface area contributed by atoms with Gasteiger partial charge in [0.1, 0.15) is 5.75 Å². The van der Waals surface area contributed by atoms with Crippen LogP contribution in [0.2, 0.25) is 0 Å². The molecule has 26 heavy (non-hydrogen) atoms. The van der Waals surface area contributed by atoms with Crippen LogP contribution in [0.5, 0.6) is 5.75 Å². The van der Waals surface area contributed by atoms with Crippen molar-refractivity contribution in [2.75, 3.05) is 33.3 Å². The Hall–Kier alpha value is -2.34. The van der Waals surface area contributed by atoms with Crippen LogP contribution in [0.1, 0.15) is 38.8 Å². The molecule has 6 heteroatoms. The highest BCUT2D eigenvalue weighted by Crippen LogP contribution is 2.38. The predicted molar refractivity (Wildman–Crippen MR) is 100 cm³/mol. The third-order valence-electron chi connectivity index (χ3n) is 4.86. The topological polar surface area (TPSA) is 70.1 Å². The van der Waals surface area contributed by atoms with Crippen molar-refractivity contribution in [2.24, 2.45) is 0 Å². The van der Waals surface area contributed by atoms with E-state index in [9.17, 15) is 14.7 Å². The molecule has 0 spiro atoms. The smallest absolute Gasteiger partial charge is 0.290 e. The number of rotatable bonds is 9. The van der Waals surface area contributed by atoms with E-state index in [2.05, 4.69) is 18.7 Å². The van der Waals surface area contributed by atoms with Crippen LogP contribution in [0.25, 0.3) is 0 Å². The molecule has 0 saturated carbocycles. The summed E-state index contributed by atoms with van der Waals surface area (Å²) in [7, 11) is 1.57. The van der Waals surface area contributed by atoms with E-state index < -0.39 is 17.7 Å². The van der Waals surface area contributed by atoms with Crippen molar-refractivity contribution in [1.82, 2.24) is 9.80 Å². The number of hydrogen-bond acceptors (Lipinski definition) is 5. The number of ketones is 1. The maximum Gasteiger partial charge on any atom is 0.290 e. The number of carbonyl (C=O) groups excluding carboxylic acids is 2. The molecule has 0 unspecified atom stereocenters. The first kappa shape index (κ1) is 20.0. The molecule has 0 aromatic heterocycles. The van der Waals surface area contributed by atoms with Crippen LogP contribution >= 0.6 is 0 Å². The number of benzene rings is 1. The van der Waals surface area contributed by atoms with Gasteiger partial charge in [-0.2, -0.15) is 0 Å². The minimum absolute atomic E-state index is 0.158. The molecule has 1 N–H and O–H groups in total. The van der Waals surface area contributed by atoms with Crippen molar-refractivity contribution in [3.63, 3.8) is 0 Å². The summed E-state index contributed by atoms with van der Waals surface area (Å²) in [5.41, 5.74) is 0.917. The Morgan fingerprint density at radius 1 is 1.31 bits per heavy atom. The maximum absolute atomic E-state index is 12.6. The summed E-state index contributed by atoms with van der Waals surface area (Å²) >= 11 is 0. The largest absolute Gasteiger partial charge is 0.503 e. The van der Waals surface area contributed by atoms with E-state index in [1.54, 1.807) is 18.1 Å². The molecule has 1 amide bonds. The monoisotopic (exact) mass is 360 g/mol. The lowest BCUT2D eigenvalue weighted by atomic mass is 9.96. The van der Waals surface area contributed by atoms with Crippen molar-refractivity contribution in [1.29, 1.82) is 0 Å². The van der Waals surface area contributed by atoms with E-state index in [-0.39, 0.29) is 11.4 Å². The molecule has 2 rings (SSSR count). The number of amides is 1. The Bertz CT molecular complexity index is 695. The molecule has 0 radical (unpaired) electrons. The van der Waals surface area contributed by atoms with Crippen LogP contribution in [0.4, 0.5) is 0 Å². The van der Waals surface area contributed by atoms with Gasteiger partial charge in [-0.25, -0.2) is 0 Å². The fourth-order valence-electron chi connectivity index (χ4n) is 3.41. The van der Waals surface area contributed by atoms with E-state index in [0.29, 0.717) is 12.3 Å². The summed E-state index contributed by atoms with van der Waals surface area (Å²) in [6.07, 6.45) is 0.770. The summed E-state index contributed by atoms with van der Waals surface area (Å²) in [5.74, 6) is -0.571. The minimum atomic E-state index is -0.577. The fourth-order valence-corrected chi connectivity index (χ4v) is 3.41. The second kappa shape index (κ2) is 8.85. The zero-order chi connectivity index (χ0) is 19.3. The van der Waals surface area contributed by atoms with Crippen LogP contribution < -0.4 is 4.74 Å². The highest BCUT2D eigenvalue weighted by Gasteiger charge is 2.42. The van der Waals surface area contributed by atoms with Gasteiger partial charge in [0.2, 0.25) is 0 Å². The number of carbonyl (C=O) groups is 2. The Kier molecular flexibility index (Phi) is 6.80. The van der Waals surface area contributed by atoms with Crippen LogP contribution in [-0.4, -0.2) is 59.9 Å². The van der Waals surface area contributed by atoms with Crippen LogP contribution in [0.3, 0.4) is 0 Å². The van der Waals surface area contributed by atoms with Gasteiger partial charge in [0.05, 0.1) is 18.7 Å². The summed E-state index contributed by atoms with van der Waals surface area (Å²) < 4.78 is 5.27. The zero-order valence-electron chi connectivity index (χ0n) is 16.0. The van der Waals surface area contributed by atoms with Gasteiger partial charge in [0, 0.05) is 6.54 Å². The first-order chi connectivity index (χ1) is 12.4. The zero-order valence-corrected chi connectivity index (χ0v) is 16.0. The lowest BCUT2D eigenvalue weighted by Gasteiger charge is -2.28. The van der Waals surface area contributed by atoms with E-state index in [4.69, 9.17) is 4.74 Å². The Labute approximate surface area is 155 Å². The molecular formula is C20H28N2O4. The van der Waals surface area contributed by atoms with Crippen LogP contribution in [-0.2, 0) is 9.59 Å². The summed E-state index contributed by atoms with van der Waals surface area (Å²) in [6.45, 7) is 8.81. The fraction of sp³-hybridized carbons (Fsp3) is 0.500. The Morgan fingerprint density at radius 3 is 2.58 bits per heavy atom. The average Bonchev–Trinajstić information content (AvgIpc) is 2.90. The number of ether oxygens (including phenoxy) is 1. The molecule has 1 aromatic rings. The molecule has 1 aliphatic rings. The number of aliphatic hydroxyl groups excluding tert-OH is 1. The lowest BCUT2D eigenvalue weighted by molar-refractivity contribution is -0.129. The van der Waals surface area contributed by atoms with Gasteiger partial charge in [0.25, 0.3) is 5.91 Å². The number of hydrogen-bond donors (Lipinski definition) is 1. The highest BCUT2D eigenvalue weighted by atomic mass is 16.5. The Balaban J connectivity index is 2.30. The molecule has 1 heterocycles. The normalized spacial score (nSPS) is 17.3. The molecule has 142 valence electrons. The maximum atomic E-state index is 12.6. The van der Waals surface area contributed by atoms with Crippen molar-refractivity contribution >= 4 is 11.7 Å². The molecule has 1 aliphatic heterocycles. The number of aliphatic hydroxyl groups is 1. The summed E-state index contributed by atoms with van der Waals surface area (Å²) in [5, 5.41) is 10.3. The van der Waals surface area contributed by atoms with Gasteiger partial charge in [0.15, 0.2) is 11.5 Å². The summed E-state index contributed by atoms with van der Waals surface area (Å²) in [4.78, 5) is 28.6. The van der Waals surface area contributed by atoms with Gasteiger partial charge in [-0.3, -0.25) is 9.59 Å². The minimum Gasteiger partial charge on any atom is -0.503 e. The number of nitrogens with zero attached hydrogens (tertiary/aromatic N) is 2. The Morgan fingerprint density at radius 2 is 2.00 bits per heavy atom. The molecule has 0 saturated heterocycles. The van der Waals surface area contributed by atoms with Crippen molar-refractivity contribution < 1.29 is 19.4 Å². The van der Waals surface area contributed by atoms with Crippen molar-refractivity contribution in [3.05, 3.63) is 41.2 Å². The lowest BCUT2D eigenvalue weighted by Crippen LogP contribution is -2.34. The standard InChI is InChI=1S/C20H28N2O4/c1-5-21(6-2)11-8-12-22-18(15-9-7-10-16(13-15)26-4)17(14(3)23)19(24)20(22)25/h7,9-10,13,18,24H,5-6,8,11-12H2,1-4H3/t18-/m1/s1. The molecule has 6 nitrogen and oxygen atoms in total. The van der Waals surface area contributed by atoms with Crippen LogP contribution in [0, 0.1) is 0 Å². The van der Waals surface area contributed by atoms with Crippen LogP contribution in [0.15, 0.2) is 35.6 Å². The van der Waals surface area contributed by atoms with Gasteiger partial charge in [-0.05, 0) is 50.7 Å². The van der Waals surface area contributed by atoms with E-state index >= 15 is 0 Å². The first-order valence-corrected chi connectivity index (χ1v) is 9.05. The summed E-state index contributed by atoms with van der Waals surface area (Å²) in [6, 6.07) is 6.70. The number of methoxy groups -OCH3 is 1. The molecule has 0 fully saturated rings. The van der Waals surface area contributed by atoms with Gasteiger partial charge >= 0.3 is 0 Å². The van der Waals surface area contributed by atoms with Crippen molar-refractivity contribution in [2.45, 2.75) is 33.2 Å². The van der Waals surface area contributed by atoms with Crippen molar-refractivity contribution in [3.8, 4) is 5.75 Å². The predicted octanol–water partition coefficient (Wildman–Crippen LogP) is 2.71. The average molecular weight is 360 g/mol. The first-order valence-electron chi connectivity index (χ1n) is 9.05. The molecule has 1 atom stereocenters. The quantitative estimate of drug-likeness (QED) is 0.733. The highest BCUT2D eigenvalue weighted by molar-refractivity contribution is 6.08. The van der Waals surface area contributed by atoms with E-state index in [1.807, 2.05) is 18.2 Å². The van der Waals surface area contributed by atoms with Gasteiger partial charge in [-0.15, -0.1) is 0 Å². The molecule has 0 aliphatic carbocycles. The number of Topliss-reactive ketones (excluding diaryl/α,β-unsaturated/α-hetero) is 1. The van der Waals surface area contributed by atoms with Gasteiger partial charge in [-0.1, -0.05) is 26.0 Å². The third kappa shape index (κ3) is 4.07. The van der Waals surface area contributed by atoms with Gasteiger partial charge < -0.3 is 19.6 Å². The molecule has 1 aromatic carbocycles. The molecule has 0 bridgehead atoms. The third-order valence-corrected chi connectivity index (χ3v) is 4.86. The van der Waals surface area contributed by atoms with E-state index in [0.717, 1.165) is 31.6 Å². The second-order valence-electron chi connectivity index (χ2n) is 6.38. The van der Waals surface area contributed by atoms with E-state index in [1.165, 1.54) is 6.92 Å². The SMILES string of the molecule is CCN(CC)CCCN1C(=O)C(O)=C(C(C)=O)[C@H]1c1cccc(OC)c1. The molecular weight excluding hydrogens is 332 g/mol. The second-order valence-corrected chi connectivity index (χ2v) is 6.38.